The van der Waals surface area contributed by atoms with Crippen molar-refractivity contribution in [2.24, 2.45) is 33.7 Å². The van der Waals surface area contributed by atoms with Gasteiger partial charge in [0.1, 0.15) is 18.1 Å². The Kier molecular flexibility index (Phi) is 13.4. The fraction of sp³-hybridized carbons (Fsp3) is 0.524. The SMILES string of the molecule is NC(=O)CCC(NC(=O)C(Cc1cnc[nH]1)NC(=O)C(N)CC(N)=O)C(=O)NC(CCCN=C(N)N)C(=O)O. The number of aliphatic carboxylic acids is 1. The zero-order chi connectivity index (χ0) is 29.5. The van der Waals surface area contributed by atoms with Crippen molar-refractivity contribution in [3.8, 4) is 0 Å². The molecule has 0 fully saturated rings. The van der Waals surface area contributed by atoms with Gasteiger partial charge in [0, 0.05) is 31.3 Å². The van der Waals surface area contributed by atoms with E-state index >= 15 is 0 Å². The van der Waals surface area contributed by atoms with Crippen molar-refractivity contribution in [3.05, 3.63) is 18.2 Å². The van der Waals surface area contributed by atoms with Crippen LogP contribution in [0.4, 0.5) is 0 Å². The monoisotopic (exact) mass is 553 g/mol. The zero-order valence-corrected chi connectivity index (χ0v) is 21.1. The Labute approximate surface area is 222 Å². The maximum Gasteiger partial charge on any atom is 0.326 e. The fourth-order valence-electron chi connectivity index (χ4n) is 3.27. The molecular formula is C21H35N11O7. The molecular weight excluding hydrogens is 518 g/mol. The number of hydrogen-bond acceptors (Lipinski definition) is 9. The molecule has 18 heteroatoms. The van der Waals surface area contributed by atoms with E-state index in [0.29, 0.717) is 5.69 Å². The molecule has 1 rings (SSSR count). The van der Waals surface area contributed by atoms with Gasteiger partial charge in [-0.25, -0.2) is 9.78 Å². The lowest BCUT2D eigenvalue weighted by molar-refractivity contribution is -0.142. The number of aromatic amines is 1. The van der Waals surface area contributed by atoms with E-state index in [-0.39, 0.29) is 44.6 Å². The third-order valence-corrected chi connectivity index (χ3v) is 5.24. The van der Waals surface area contributed by atoms with Gasteiger partial charge in [-0.15, -0.1) is 0 Å². The van der Waals surface area contributed by atoms with Crippen LogP contribution in [0.2, 0.25) is 0 Å². The number of carbonyl (C=O) groups is 6. The minimum absolute atomic E-state index is 0.0371. The van der Waals surface area contributed by atoms with E-state index in [2.05, 4.69) is 30.9 Å². The van der Waals surface area contributed by atoms with Crippen LogP contribution in [0.5, 0.6) is 0 Å². The summed E-state index contributed by atoms with van der Waals surface area (Å²) < 4.78 is 0. The Morgan fingerprint density at radius 2 is 1.51 bits per heavy atom. The van der Waals surface area contributed by atoms with Gasteiger partial charge in [-0.3, -0.25) is 29.0 Å². The lowest BCUT2D eigenvalue weighted by Crippen LogP contribution is -2.58. The molecule has 0 spiro atoms. The summed E-state index contributed by atoms with van der Waals surface area (Å²) in [6.07, 6.45) is 1.74. The van der Waals surface area contributed by atoms with E-state index in [1.54, 1.807) is 0 Å². The summed E-state index contributed by atoms with van der Waals surface area (Å²) in [6, 6.07) is -5.41. The lowest BCUT2D eigenvalue weighted by atomic mass is 10.1. The number of imidazole rings is 1. The van der Waals surface area contributed by atoms with Crippen molar-refractivity contribution in [3.63, 3.8) is 0 Å². The lowest BCUT2D eigenvalue weighted by Gasteiger charge is -2.25. The Bertz CT molecular complexity index is 1040. The molecule has 0 saturated heterocycles. The predicted molar refractivity (Wildman–Crippen MR) is 136 cm³/mol. The Balaban J connectivity index is 3.05. The molecule has 15 N–H and O–H groups in total. The maximum absolute atomic E-state index is 13.2. The van der Waals surface area contributed by atoms with Crippen LogP contribution >= 0.6 is 0 Å². The number of rotatable bonds is 18. The van der Waals surface area contributed by atoms with E-state index in [9.17, 15) is 33.9 Å². The number of amides is 5. The van der Waals surface area contributed by atoms with Crippen LogP contribution in [0.3, 0.4) is 0 Å². The molecule has 0 aliphatic carbocycles. The van der Waals surface area contributed by atoms with E-state index in [1.165, 1.54) is 12.5 Å². The van der Waals surface area contributed by atoms with E-state index < -0.39 is 66.1 Å². The van der Waals surface area contributed by atoms with Crippen molar-refractivity contribution in [2.45, 2.75) is 62.7 Å². The smallest absolute Gasteiger partial charge is 0.326 e. The molecule has 39 heavy (non-hydrogen) atoms. The molecule has 0 aliphatic heterocycles. The first-order valence-electron chi connectivity index (χ1n) is 11.8. The van der Waals surface area contributed by atoms with Gasteiger partial charge >= 0.3 is 5.97 Å². The van der Waals surface area contributed by atoms with E-state index in [4.69, 9.17) is 28.7 Å². The van der Waals surface area contributed by atoms with Crippen LogP contribution in [0.1, 0.15) is 37.8 Å². The van der Waals surface area contributed by atoms with Gasteiger partial charge in [-0.1, -0.05) is 0 Å². The number of carboxylic acids is 1. The van der Waals surface area contributed by atoms with Crippen molar-refractivity contribution >= 4 is 41.5 Å². The predicted octanol–water partition coefficient (Wildman–Crippen LogP) is -4.99. The quantitative estimate of drug-likeness (QED) is 0.0466. The second-order valence-corrected chi connectivity index (χ2v) is 8.53. The highest BCUT2D eigenvalue weighted by Gasteiger charge is 2.31. The molecule has 0 saturated carbocycles. The molecule has 0 aliphatic rings. The van der Waals surface area contributed by atoms with Crippen molar-refractivity contribution in [2.75, 3.05) is 6.54 Å². The van der Waals surface area contributed by atoms with Crippen molar-refractivity contribution in [1.29, 1.82) is 0 Å². The molecule has 18 nitrogen and oxygen atoms in total. The second kappa shape index (κ2) is 16.2. The highest BCUT2D eigenvalue weighted by atomic mass is 16.4. The number of aliphatic imine (C=N–C) groups is 1. The molecule has 4 unspecified atom stereocenters. The standard InChI is InChI=1S/C21H35N11O7/c22-11(7-16(24)34)17(35)32-14(6-10-8-27-9-29-10)19(37)30-12(3-4-15(23)33)18(36)31-13(20(38)39)2-1-5-28-21(25)26/h8-9,11-14H,1-7,22H2,(H2,23,33)(H2,24,34)(H,27,29)(H,30,37)(H,31,36)(H,32,35)(H,38,39)(H4,25,26,28). The first kappa shape index (κ1) is 32.3. The average molecular weight is 554 g/mol. The van der Waals surface area contributed by atoms with E-state index in [0.717, 1.165) is 0 Å². The highest BCUT2D eigenvalue weighted by Crippen LogP contribution is 2.06. The maximum atomic E-state index is 13.2. The topological polar surface area (TPSA) is 330 Å². The third kappa shape index (κ3) is 12.9. The molecule has 1 heterocycles. The van der Waals surface area contributed by atoms with Crippen LogP contribution in [0.25, 0.3) is 0 Å². The number of carboxylic acid groups (broad SMARTS) is 1. The second-order valence-electron chi connectivity index (χ2n) is 8.53. The number of nitrogens with two attached hydrogens (primary N) is 5. The number of hydrogen-bond donors (Lipinski definition) is 10. The van der Waals surface area contributed by atoms with Crippen LogP contribution in [-0.2, 0) is 35.2 Å². The van der Waals surface area contributed by atoms with Gasteiger partial charge in [0.05, 0.1) is 18.8 Å². The molecule has 216 valence electrons. The first-order chi connectivity index (χ1) is 18.3. The summed E-state index contributed by atoms with van der Waals surface area (Å²) in [7, 11) is 0. The molecule has 0 aromatic carbocycles. The van der Waals surface area contributed by atoms with E-state index in [1.807, 2.05) is 0 Å². The minimum atomic E-state index is -1.40. The summed E-state index contributed by atoms with van der Waals surface area (Å²) in [4.78, 5) is 83.1. The molecule has 1 aromatic rings. The summed E-state index contributed by atoms with van der Waals surface area (Å²) in [5.74, 6) is -5.76. The Hall–Kier alpha value is -4.74. The Morgan fingerprint density at radius 1 is 0.897 bits per heavy atom. The normalized spacial score (nSPS) is 13.7. The minimum Gasteiger partial charge on any atom is -0.480 e. The summed E-state index contributed by atoms with van der Waals surface area (Å²) in [6.45, 7) is 0.122. The summed E-state index contributed by atoms with van der Waals surface area (Å²) >= 11 is 0. The molecule has 1 aromatic heterocycles. The molecule has 4 atom stereocenters. The number of primary amides is 2. The number of H-pyrrole nitrogens is 1. The average Bonchev–Trinajstić information content (AvgIpc) is 3.35. The summed E-state index contributed by atoms with van der Waals surface area (Å²) in [5, 5.41) is 16.6. The van der Waals surface area contributed by atoms with Crippen molar-refractivity contribution < 1.29 is 33.9 Å². The van der Waals surface area contributed by atoms with Crippen LogP contribution in [0.15, 0.2) is 17.5 Å². The van der Waals surface area contributed by atoms with Crippen LogP contribution < -0.4 is 44.6 Å². The number of nitrogens with one attached hydrogen (secondary N) is 4. The number of carbonyl (C=O) groups excluding carboxylic acids is 5. The molecule has 0 radical (unpaired) electrons. The van der Waals surface area contributed by atoms with Gasteiger partial charge < -0.3 is 54.7 Å². The Morgan fingerprint density at radius 3 is 2.05 bits per heavy atom. The molecule has 0 bridgehead atoms. The summed E-state index contributed by atoms with van der Waals surface area (Å²) in [5.41, 5.74) is 26.8. The van der Waals surface area contributed by atoms with Gasteiger partial charge in [0.2, 0.25) is 29.5 Å². The highest BCUT2D eigenvalue weighted by molar-refractivity contribution is 5.95. The van der Waals surface area contributed by atoms with Gasteiger partial charge in [-0.05, 0) is 19.3 Å². The fourth-order valence-corrected chi connectivity index (χ4v) is 3.27. The first-order valence-corrected chi connectivity index (χ1v) is 11.8. The third-order valence-electron chi connectivity index (χ3n) is 5.24. The number of guanidine groups is 1. The van der Waals surface area contributed by atoms with Gasteiger partial charge in [0.15, 0.2) is 5.96 Å². The zero-order valence-electron chi connectivity index (χ0n) is 21.1. The van der Waals surface area contributed by atoms with Crippen molar-refractivity contribution in [1.82, 2.24) is 25.9 Å². The largest absolute Gasteiger partial charge is 0.480 e. The van der Waals surface area contributed by atoms with Crippen LogP contribution in [0, 0.1) is 0 Å². The molecule has 5 amide bonds. The number of nitrogens with zero attached hydrogens (tertiary/aromatic N) is 2. The van der Waals surface area contributed by atoms with Crippen LogP contribution in [-0.4, -0.2) is 87.3 Å². The van der Waals surface area contributed by atoms with Gasteiger partial charge in [0.25, 0.3) is 0 Å². The van der Waals surface area contributed by atoms with Gasteiger partial charge in [-0.2, -0.15) is 0 Å². The number of aromatic nitrogens is 2.